The number of carbonyl (C=O) groups is 1. The first-order chi connectivity index (χ1) is 13.6. The smallest absolute Gasteiger partial charge is 0.230 e. The van der Waals surface area contributed by atoms with Crippen molar-refractivity contribution in [3.63, 3.8) is 0 Å². The van der Waals surface area contributed by atoms with Crippen LogP contribution in [0.15, 0.2) is 53.7 Å². The maximum absolute atomic E-state index is 12.2. The van der Waals surface area contributed by atoms with Gasteiger partial charge in [0.1, 0.15) is 5.75 Å². The molecule has 0 saturated carbocycles. The SMILES string of the molecule is CCn1c(SCC(=O)NCc2cccc(OC)c2)nnc1-c1cccc(C)c1. The fourth-order valence-corrected chi connectivity index (χ4v) is 3.67. The minimum absolute atomic E-state index is 0.0458. The molecule has 0 saturated heterocycles. The first kappa shape index (κ1) is 19.9. The Morgan fingerprint density at radius 2 is 2.00 bits per heavy atom. The van der Waals surface area contributed by atoms with E-state index in [4.69, 9.17) is 4.74 Å². The second-order valence-corrected chi connectivity index (χ2v) is 7.28. The van der Waals surface area contributed by atoms with Crippen molar-refractivity contribution in [2.45, 2.75) is 32.1 Å². The molecule has 1 amide bonds. The molecule has 6 nitrogen and oxygen atoms in total. The molecule has 0 unspecified atom stereocenters. The van der Waals surface area contributed by atoms with Gasteiger partial charge in [-0.2, -0.15) is 0 Å². The summed E-state index contributed by atoms with van der Waals surface area (Å²) in [5.74, 6) is 1.84. The van der Waals surface area contributed by atoms with E-state index in [0.29, 0.717) is 6.54 Å². The van der Waals surface area contributed by atoms with Crippen molar-refractivity contribution in [1.29, 1.82) is 0 Å². The van der Waals surface area contributed by atoms with Gasteiger partial charge in [-0.1, -0.05) is 47.7 Å². The summed E-state index contributed by atoms with van der Waals surface area (Å²) in [5.41, 5.74) is 3.20. The van der Waals surface area contributed by atoms with E-state index < -0.39 is 0 Å². The topological polar surface area (TPSA) is 69.0 Å². The fraction of sp³-hybridized carbons (Fsp3) is 0.286. The average molecular weight is 397 g/mol. The quantitative estimate of drug-likeness (QED) is 0.588. The first-order valence-corrected chi connectivity index (χ1v) is 10.1. The Hall–Kier alpha value is -2.80. The van der Waals surface area contributed by atoms with Crippen LogP contribution in [0.3, 0.4) is 0 Å². The maximum atomic E-state index is 12.2. The van der Waals surface area contributed by atoms with E-state index in [9.17, 15) is 4.79 Å². The summed E-state index contributed by atoms with van der Waals surface area (Å²) in [7, 11) is 1.63. The number of nitrogens with zero attached hydrogens (tertiary/aromatic N) is 3. The Balaban J connectivity index is 1.60. The molecule has 146 valence electrons. The number of rotatable bonds is 8. The number of amides is 1. The molecule has 1 N–H and O–H groups in total. The van der Waals surface area contributed by atoms with E-state index in [1.54, 1.807) is 7.11 Å². The fourth-order valence-electron chi connectivity index (χ4n) is 2.84. The number of benzene rings is 2. The monoisotopic (exact) mass is 396 g/mol. The lowest BCUT2D eigenvalue weighted by atomic mass is 10.1. The number of hydrogen-bond acceptors (Lipinski definition) is 5. The number of hydrogen-bond donors (Lipinski definition) is 1. The number of aromatic nitrogens is 3. The third kappa shape index (κ3) is 4.92. The molecule has 7 heteroatoms. The lowest BCUT2D eigenvalue weighted by Gasteiger charge is -2.09. The largest absolute Gasteiger partial charge is 0.497 e. The Labute approximate surface area is 169 Å². The normalized spacial score (nSPS) is 10.7. The number of aryl methyl sites for hydroxylation is 1. The van der Waals surface area contributed by atoms with Gasteiger partial charge >= 0.3 is 0 Å². The van der Waals surface area contributed by atoms with Gasteiger partial charge in [-0.15, -0.1) is 10.2 Å². The van der Waals surface area contributed by atoms with Gasteiger partial charge in [0.05, 0.1) is 12.9 Å². The highest BCUT2D eigenvalue weighted by Gasteiger charge is 2.14. The number of carbonyl (C=O) groups excluding carboxylic acids is 1. The number of ether oxygens (including phenoxy) is 1. The van der Waals surface area contributed by atoms with Crippen LogP contribution < -0.4 is 10.1 Å². The lowest BCUT2D eigenvalue weighted by Crippen LogP contribution is -2.24. The molecule has 0 fully saturated rings. The zero-order valence-electron chi connectivity index (χ0n) is 16.3. The summed E-state index contributed by atoms with van der Waals surface area (Å²) in [6.45, 7) is 5.31. The molecule has 3 rings (SSSR count). The Morgan fingerprint density at radius 3 is 2.75 bits per heavy atom. The molecule has 0 aliphatic heterocycles. The van der Waals surface area contributed by atoms with E-state index in [1.165, 1.54) is 17.3 Å². The molecule has 2 aromatic carbocycles. The predicted molar refractivity (Wildman–Crippen MR) is 111 cm³/mol. The van der Waals surface area contributed by atoms with Crippen LogP contribution in [0, 0.1) is 6.92 Å². The van der Waals surface area contributed by atoms with Crippen LogP contribution in [0.2, 0.25) is 0 Å². The Kier molecular flexibility index (Phi) is 6.71. The van der Waals surface area contributed by atoms with Crippen LogP contribution in [0.25, 0.3) is 11.4 Å². The van der Waals surface area contributed by atoms with E-state index >= 15 is 0 Å². The summed E-state index contributed by atoms with van der Waals surface area (Å²) >= 11 is 1.39. The molecule has 28 heavy (non-hydrogen) atoms. The average Bonchev–Trinajstić information content (AvgIpc) is 3.14. The van der Waals surface area contributed by atoms with Crippen molar-refractivity contribution >= 4 is 17.7 Å². The van der Waals surface area contributed by atoms with Gasteiger partial charge in [-0.3, -0.25) is 4.79 Å². The highest BCUT2D eigenvalue weighted by atomic mass is 32.2. The van der Waals surface area contributed by atoms with Gasteiger partial charge in [0.2, 0.25) is 5.91 Å². The molecule has 0 aliphatic rings. The maximum Gasteiger partial charge on any atom is 0.230 e. The molecule has 0 aliphatic carbocycles. The molecular formula is C21H24N4O2S. The summed E-state index contributed by atoms with van der Waals surface area (Å²) in [6.07, 6.45) is 0. The highest BCUT2D eigenvalue weighted by Crippen LogP contribution is 2.24. The van der Waals surface area contributed by atoms with Crippen LogP contribution in [0.1, 0.15) is 18.1 Å². The minimum atomic E-state index is -0.0458. The molecule has 3 aromatic rings. The number of nitrogens with one attached hydrogen (secondary N) is 1. The summed E-state index contributed by atoms with van der Waals surface area (Å²) < 4.78 is 7.24. The minimum Gasteiger partial charge on any atom is -0.497 e. The van der Waals surface area contributed by atoms with Crippen molar-refractivity contribution in [2.75, 3.05) is 12.9 Å². The molecule has 0 bridgehead atoms. The third-order valence-corrected chi connectivity index (χ3v) is 5.23. The summed E-state index contributed by atoms with van der Waals surface area (Å²) in [4.78, 5) is 12.2. The van der Waals surface area contributed by atoms with Crippen LogP contribution in [-0.2, 0) is 17.9 Å². The van der Waals surface area contributed by atoms with Crippen molar-refractivity contribution in [3.05, 3.63) is 59.7 Å². The molecule has 0 radical (unpaired) electrons. The van der Waals surface area contributed by atoms with Gasteiger partial charge in [0.15, 0.2) is 11.0 Å². The van der Waals surface area contributed by atoms with Crippen LogP contribution in [0.4, 0.5) is 0 Å². The number of methoxy groups -OCH3 is 1. The summed E-state index contributed by atoms with van der Waals surface area (Å²) in [6, 6.07) is 15.8. The standard InChI is InChI=1S/C21H24N4O2S/c1-4-25-20(17-9-5-7-15(2)11-17)23-24-21(25)28-14-19(26)22-13-16-8-6-10-18(12-16)27-3/h5-12H,4,13-14H2,1-3H3,(H,22,26). The molecule has 0 spiro atoms. The van der Waals surface area contributed by atoms with E-state index in [0.717, 1.165) is 34.4 Å². The van der Waals surface area contributed by atoms with Crippen LogP contribution >= 0.6 is 11.8 Å². The van der Waals surface area contributed by atoms with Crippen molar-refractivity contribution in [3.8, 4) is 17.1 Å². The van der Waals surface area contributed by atoms with E-state index in [-0.39, 0.29) is 11.7 Å². The van der Waals surface area contributed by atoms with E-state index in [2.05, 4.69) is 41.5 Å². The van der Waals surface area contributed by atoms with Gasteiger partial charge < -0.3 is 14.6 Å². The predicted octanol–water partition coefficient (Wildman–Crippen LogP) is 3.69. The Bertz CT molecular complexity index is 955. The van der Waals surface area contributed by atoms with Gasteiger partial charge in [0, 0.05) is 18.7 Å². The number of thioether (sulfide) groups is 1. The third-order valence-electron chi connectivity index (χ3n) is 4.27. The Morgan fingerprint density at radius 1 is 1.18 bits per heavy atom. The van der Waals surface area contributed by atoms with Gasteiger partial charge in [-0.05, 0) is 37.6 Å². The zero-order valence-corrected chi connectivity index (χ0v) is 17.1. The molecule has 0 atom stereocenters. The van der Waals surface area contributed by atoms with Crippen molar-refractivity contribution in [1.82, 2.24) is 20.1 Å². The summed E-state index contributed by atoms with van der Waals surface area (Å²) in [5, 5.41) is 12.3. The molecule has 1 aromatic heterocycles. The highest BCUT2D eigenvalue weighted by molar-refractivity contribution is 7.99. The zero-order chi connectivity index (χ0) is 19.9. The lowest BCUT2D eigenvalue weighted by molar-refractivity contribution is -0.118. The van der Waals surface area contributed by atoms with Crippen LogP contribution in [-0.4, -0.2) is 33.5 Å². The second-order valence-electron chi connectivity index (χ2n) is 6.34. The molecular weight excluding hydrogens is 372 g/mol. The van der Waals surface area contributed by atoms with Gasteiger partial charge in [0.25, 0.3) is 0 Å². The second kappa shape index (κ2) is 9.41. The molecule has 1 heterocycles. The van der Waals surface area contributed by atoms with E-state index in [1.807, 2.05) is 41.0 Å². The van der Waals surface area contributed by atoms with Crippen molar-refractivity contribution in [2.24, 2.45) is 0 Å². The first-order valence-electron chi connectivity index (χ1n) is 9.13. The van der Waals surface area contributed by atoms with Crippen molar-refractivity contribution < 1.29 is 9.53 Å². The van der Waals surface area contributed by atoms with Gasteiger partial charge in [-0.25, -0.2) is 0 Å². The van der Waals surface area contributed by atoms with Crippen LogP contribution in [0.5, 0.6) is 5.75 Å².